The van der Waals surface area contributed by atoms with Crippen LogP contribution in [0.25, 0.3) is 0 Å². The van der Waals surface area contributed by atoms with Gasteiger partial charge in [-0.25, -0.2) is 0 Å². The van der Waals surface area contributed by atoms with Gasteiger partial charge in [-0.3, -0.25) is 4.79 Å². The maximum atomic E-state index is 10.9. The van der Waals surface area contributed by atoms with E-state index in [-0.39, 0.29) is 0 Å². The van der Waals surface area contributed by atoms with Crippen molar-refractivity contribution in [2.75, 3.05) is 18.0 Å². The van der Waals surface area contributed by atoms with Crippen LogP contribution in [0.4, 0.5) is 5.69 Å². The number of carbonyl (C=O) groups is 1. The molecule has 0 unspecified atom stereocenters. The molecule has 1 aromatic rings. The summed E-state index contributed by atoms with van der Waals surface area (Å²) in [6.45, 7) is 4.08. The van der Waals surface area contributed by atoms with Gasteiger partial charge < -0.3 is 4.90 Å². The summed E-state index contributed by atoms with van der Waals surface area (Å²) in [5.41, 5.74) is 3.27. The number of hydrogen-bond donors (Lipinski definition) is 0. The standard InChI is InChI=1S/C13H15NO/c1-11-6-8-14(9-7-11)13-5-3-2-4-12(13)10-15/h2-6,10H,7-9H2,1H3. The van der Waals surface area contributed by atoms with E-state index in [4.69, 9.17) is 0 Å². The fraction of sp³-hybridized carbons (Fsp3) is 0.308. The van der Waals surface area contributed by atoms with E-state index < -0.39 is 0 Å². The van der Waals surface area contributed by atoms with Crippen LogP contribution in [0, 0.1) is 0 Å². The first-order valence-corrected chi connectivity index (χ1v) is 5.26. The Hall–Kier alpha value is -1.57. The minimum absolute atomic E-state index is 0.783. The number of anilines is 1. The lowest BCUT2D eigenvalue weighted by Crippen LogP contribution is -2.28. The van der Waals surface area contributed by atoms with Gasteiger partial charge in [0.25, 0.3) is 0 Å². The molecule has 1 aliphatic heterocycles. The van der Waals surface area contributed by atoms with Crippen molar-refractivity contribution in [1.82, 2.24) is 0 Å². The van der Waals surface area contributed by atoms with Crippen molar-refractivity contribution in [2.24, 2.45) is 0 Å². The van der Waals surface area contributed by atoms with Gasteiger partial charge in [0.05, 0.1) is 0 Å². The summed E-state index contributed by atoms with van der Waals surface area (Å²) in [5, 5.41) is 0. The summed E-state index contributed by atoms with van der Waals surface area (Å²) in [6.07, 6.45) is 4.25. The Morgan fingerprint density at radius 1 is 1.33 bits per heavy atom. The normalized spacial score (nSPS) is 16.1. The monoisotopic (exact) mass is 201 g/mol. The molecule has 2 nitrogen and oxygen atoms in total. The molecule has 0 spiro atoms. The quantitative estimate of drug-likeness (QED) is 0.541. The third-order valence-electron chi connectivity index (χ3n) is 2.84. The molecule has 0 amide bonds. The predicted molar refractivity (Wildman–Crippen MR) is 62.4 cm³/mol. The second-order valence-corrected chi connectivity index (χ2v) is 3.92. The van der Waals surface area contributed by atoms with Gasteiger partial charge in [-0.2, -0.15) is 0 Å². The number of nitrogens with zero attached hydrogens (tertiary/aromatic N) is 1. The number of rotatable bonds is 2. The van der Waals surface area contributed by atoms with Crippen LogP contribution >= 0.6 is 0 Å². The molecule has 15 heavy (non-hydrogen) atoms. The predicted octanol–water partition coefficient (Wildman–Crippen LogP) is 2.66. The molecular weight excluding hydrogens is 186 g/mol. The highest BCUT2D eigenvalue weighted by molar-refractivity contribution is 5.84. The summed E-state index contributed by atoms with van der Waals surface area (Å²) < 4.78 is 0. The van der Waals surface area contributed by atoms with E-state index in [9.17, 15) is 4.79 Å². The number of aldehydes is 1. The number of benzene rings is 1. The fourth-order valence-corrected chi connectivity index (χ4v) is 1.86. The molecule has 2 rings (SSSR count). The van der Waals surface area contributed by atoms with Crippen molar-refractivity contribution in [3.63, 3.8) is 0 Å². The molecule has 0 atom stereocenters. The Kier molecular flexibility index (Phi) is 2.86. The minimum Gasteiger partial charge on any atom is -0.367 e. The van der Waals surface area contributed by atoms with E-state index in [1.807, 2.05) is 24.3 Å². The van der Waals surface area contributed by atoms with Crippen molar-refractivity contribution < 1.29 is 4.79 Å². The Bertz CT molecular complexity index is 395. The molecule has 0 aliphatic carbocycles. The molecule has 0 saturated carbocycles. The van der Waals surface area contributed by atoms with E-state index in [0.717, 1.165) is 37.0 Å². The fourth-order valence-electron chi connectivity index (χ4n) is 1.86. The van der Waals surface area contributed by atoms with Gasteiger partial charge in [0.2, 0.25) is 0 Å². The van der Waals surface area contributed by atoms with E-state index in [2.05, 4.69) is 17.9 Å². The zero-order chi connectivity index (χ0) is 10.7. The Morgan fingerprint density at radius 3 is 2.80 bits per heavy atom. The summed E-state index contributed by atoms with van der Waals surface area (Å²) in [7, 11) is 0. The first kappa shape index (κ1) is 9.97. The smallest absolute Gasteiger partial charge is 0.152 e. The third-order valence-corrected chi connectivity index (χ3v) is 2.84. The van der Waals surface area contributed by atoms with E-state index in [0.29, 0.717) is 0 Å². The maximum absolute atomic E-state index is 10.9. The summed E-state index contributed by atoms with van der Waals surface area (Å²) in [4.78, 5) is 13.1. The van der Waals surface area contributed by atoms with E-state index in [1.165, 1.54) is 5.57 Å². The van der Waals surface area contributed by atoms with Gasteiger partial charge in [-0.15, -0.1) is 0 Å². The van der Waals surface area contributed by atoms with Crippen molar-refractivity contribution in [2.45, 2.75) is 13.3 Å². The number of hydrogen-bond acceptors (Lipinski definition) is 2. The summed E-state index contributed by atoms with van der Waals surface area (Å²) in [5.74, 6) is 0. The van der Waals surface area contributed by atoms with Crippen LogP contribution < -0.4 is 4.90 Å². The molecule has 1 aliphatic rings. The molecule has 0 fully saturated rings. The van der Waals surface area contributed by atoms with Gasteiger partial charge in [0.1, 0.15) is 0 Å². The topological polar surface area (TPSA) is 20.3 Å². The maximum Gasteiger partial charge on any atom is 0.152 e. The van der Waals surface area contributed by atoms with Crippen molar-refractivity contribution in [3.05, 3.63) is 41.5 Å². The molecule has 0 radical (unpaired) electrons. The second kappa shape index (κ2) is 4.30. The van der Waals surface area contributed by atoms with Gasteiger partial charge in [-0.1, -0.05) is 23.8 Å². The Morgan fingerprint density at radius 2 is 2.13 bits per heavy atom. The van der Waals surface area contributed by atoms with Gasteiger partial charge in [0.15, 0.2) is 6.29 Å². The van der Waals surface area contributed by atoms with Crippen LogP contribution in [0.15, 0.2) is 35.9 Å². The van der Waals surface area contributed by atoms with Crippen LogP contribution in [0.3, 0.4) is 0 Å². The lowest BCUT2D eigenvalue weighted by atomic mass is 10.1. The minimum atomic E-state index is 0.783. The lowest BCUT2D eigenvalue weighted by Gasteiger charge is -2.28. The van der Waals surface area contributed by atoms with Crippen LogP contribution in [-0.4, -0.2) is 19.4 Å². The first-order valence-electron chi connectivity index (χ1n) is 5.26. The van der Waals surface area contributed by atoms with Gasteiger partial charge in [-0.05, 0) is 25.5 Å². The van der Waals surface area contributed by atoms with Crippen LogP contribution in [0.1, 0.15) is 23.7 Å². The molecule has 0 N–H and O–H groups in total. The van der Waals surface area contributed by atoms with Crippen LogP contribution in [0.5, 0.6) is 0 Å². The lowest BCUT2D eigenvalue weighted by molar-refractivity contribution is 0.112. The highest BCUT2D eigenvalue weighted by Gasteiger charge is 2.12. The average molecular weight is 201 g/mol. The van der Waals surface area contributed by atoms with Crippen molar-refractivity contribution in [1.29, 1.82) is 0 Å². The average Bonchev–Trinajstić information content (AvgIpc) is 2.30. The first-order chi connectivity index (χ1) is 7.31. The highest BCUT2D eigenvalue weighted by atomic mass is 16.1. The molecule has 0 saturated heterocycles. The summed E-state index contributed by atoms with van der Waals surface area (Å²) >= 11 is 0. The summed E-state index contributed by atoms with van der Waals surface area (Å²) in [6, 6.07) is 7.76. The number of carbonyl (C=O) groups excluding carboxylic acids is 1. The molecule has 0 bridgehead atoms. The molecule has 1 aromatic carbocycles. The van der Waals surface area contributed by atoms with Crippen molar-refractivity contribution in [3.8, 4) is 0 Å². The third kappa shape index (κ3) is 2.09. The molecule has 78 valence electrons. The molecular formula is C13H15NO. The van der Waals surface area contributed by atoms with Crippen LogP contribution in [-0.2, 0) is 0 Å². The van der Waals surface area contributed by atoms with Gasteiger partial charge >= 0.3 is 0 Å². The number of para-hydroxylation sites is 1. The SMILES string of the molecule is CC1=CCN(c2ccccc2C=O)CC1. The Balaban J connectivity index is 2.26. The van der Waals surface area contributed by atoms with Gasteiger partial charge in [0, 0.05) is 24.3 Å². The molecule has 0 aromatic heterocycles. The largest absolute Gasteiger partial charge is 0.367 e. The zero-order valence-corrected chi connectivity index (χ0v) is 8.94. The highest BCUT2D eigenvalue weighted by Crippen LogP contribution is 2.22. The Labute approximate surface area is 90.2 Å². The zero-order valence-electron chi connectivity index (χ0n) is 8.94. The molecule has 1 heterocycles. The van der Waals surface area contributed by atoms with Crippen LogP contribution in [0.2, 0.25) is 0 Å². The second-order valence-electron chi connectivity index (χ2n) is 3.92. The van der Waals surface area contributed by atoms with Crippen molar-refractivity contribution >= 4 is 12.0 Å². The van der Waals surface area contributed by atoms with E-state index in [1.54, 1.807) is 0 Å². The van der Waals surface area contributed by atoms with E-state index >= 15 is 0 Å². The molecule has 2 heteroatoms.